The lowest BCUT2D eigenvalue weighted by Crippen LogP contribution is -1.95. The second kappa shape index (κ2) is 3.09. The largest absolute Gasteiger partial charge is 0.359 e. The second-order valence-corrected chi connectivity index (χ2v) is 3.85. The monoisotopic (exact) mass is 202 g/mol. The van der Waals surface area contributed by atoms with Crippen LogP contribution in [0.4, 0.5) is 11.4 Å². The number of rotatable bonds is 2. The number of hydrogen-bond acceptors (Lipinski definition) is 5. The molecule has 0 saturated carbocycles. The predicted molar refractivity (Wildman–Crippen MR) is 47.1 cm³/mol. The van der Waals surface area contributed by atoms with E-state index in [2.05, 4.69) is 0 Å². The van der Waals surface area contributed by atoms with Crippen LogP contribution in [0.3, 0.4) is 0 Å². The molecule has 0 unspecified atom stereocenters. The van der Waals surface area contributed by atoms with Crippen molar-refractivity contribution in [3.05, 3.63) is 30.0 Å². The SMILES string of the molecule is Cc1sc(C)c([N+](=O)[O-])c1[N+](=O)[O-]. The molecule has 0 amide bonds. The van der Waals surface area contributed by atoms with Crippen LogP contribution in [-0.2, 0) is 0 Å². The minimum Gasteiger partial charge on any atom is -0.258 e. The van der Waals surface area contributed by atoms with Crippen molar-refractivity contribution in [3.8, 4) is 0 Å². The summed E-state index contributed by atoms with van der Waals surface area (Å²) in [6.45, 7) is 3.01. The molecule has 1 rings (SSSR count). The van der Waals surface area contributed by atoms with E-state index in [-0.39, 0.29) is 11.4 Å². The molecule has 0 spiro atoms. The fraction of sp³-hybridized carbons (Fsp3) is 0.333. The highest BCUT2D eigenvalue weighted by Gasteiger charge is 2.32. The van der Waals surface area contributed by atoms with E-state index in [1.165, 1.54) is 13.8 Å². The van der Waals surface area contributed by atoms with Crippen LogP contribution in [-0.4, -0.2) is 9.85 Å². The molecule has 1 aromatic rings. The summed E-state index contributed by atoms with van der Waals surface area (Å²) < 4.78 is 0. The van der Waals surface area contributed by atoms with Crippen LogP contribution in [0.15, 0.2) is 0 Å². The number of aryl methyl sites for hydroxylation is 2. The topological polar surface area (TPSA) is 86.3 Å². The minimum absolute atomic E-state index is 0.370. The highest BCUT2D eigenvalue weighted by molar-refractivity contribution is 7.12. The van der Waals surface area contributed by atoms with Gasteiger partial charge in [-0.2, -0.15) is 0 Å². The Morgan fingerprint density at radius 2 is 1.31 bits per heavy atom. The van der Waals surface area contributed by atoms with Crippen LogP contribution in [0.1, 0.15) is 9.75 Å². The van der Waals surface area contributed by atoms with E-state index in [0.717, 1.165) is 11.3 Å². The van der Waals surface area contributed by atoms with Gasteiger partial charge in [0.05, 0.1) is 19.6 Å². The zero-order valence-corrected chi connectivity index (χ0v) is 7.75. The molecule has 7 heteroatoms. The highest BCUT2D eigenvalue weighted by atomic mass is 32.1. The highest BCUT2D eigenvalue weighted by Crippen LogP contribution is 2.39. The quantitative estimate of drug-likeness (QED) is 0.543. The Morgan fingerprint density at radius 1 is 1.00 bits per heavy atom. The van der Waals surface area contributed by atoms with Gasteiger partial charge in [-0.05, 0) is 13.8 Å². The third-order valence-corrected chi connectivity index (χ3v) is 2.56. The summed E-state index contributed by atoms with van der Waals surface area (Å²) in [5, 5.41) is 20.9. The smallest absolute Gasteiger partial charge is 0.258 e. The van der Waals surface area contributed by atoms with Gasteiger partial charge >= 0.3 is 11.4 Å². The minimum atomic E-state index is -0.711. The molecule has 0 aliphatic rings. The van der Waals surface area contributed by atoms with Gasteiger partial charge in [-0.25, -0.2) is 0 Å². The van der Waals surface area contributed by atoms with Gasteiger partial charge < -0.3 is 0 Å². The summed E-state index contributed by atoms with van der Waals surface area (Å²) >= 11 is 1.07. The van der Waals surface area contributed by atoms with Crippen LogP contribution in [0.2, 0.25) is 0 Å². The van der Waals surface area contributed by atoms with E-state index in [1.54, 1.807) is 0 Å². The molecule has 0 radical (unpaired) electrons. The average Bonchev–Trinajstić information content (AvgIpc) is 2.24. The molecule has 0 aliphatic carbocycles. The summed E-state index contributed by atoms with van der Waals surface area (Å²) in [4.78, 5) is 20.3. The van der Waals surface area contributed by atoms with Crippen molar-refractivity contribution in [2.45, 2.75) is 13.8 Å². The van der Waals surface area contributed by atoms with E-state index in [9.17, 15) is 20.2 Å². The fourth-order valence-corrected chi connectivity index (χ4v) is 2.08. The van der Waals surface area contributed by atoms with Crippen molar-refractivity contribution < 1.29 is 9.85 Å². The lowest BCUT2D eigenvalue weighted by Gasteiger charge is -1.89. The van der Waals surface area contributed by atoms with E-state index >= 15 is 0 Å². The maximum atomic E-state index is 10.5. The van der Waals surface area contributed by atoms with Gasteiger partial charge in [0.25, 0.3) is 0 Å². The van der Waals surface area contributed by atoms with E-state index in [4.69, 9.17) is 0 Å². The standard InChI is InChI=1S/C6H6N2O4S/c1-3-5(7(9)10)6(8(11)12)4(2)13-3/h1-2H3. The molecule has 0 aromatic carbocycles. The maximum Gasteiger partial charge on any atom is 0.359 e. The molecule has 1 heterocycles. The Bertz CT molecular complexity index is 350. The lowest BCUT2D eigenvalue weighted by atomic mass is 10.3. The third kappa shape index (κ3) is 1.50. The maximum absolute atomic E-state index is 10.5. The van der Waals surface area contributed by atoms with Crippen LogP contribution in [0.25, 0.3) is 0 Å². The van der Waals surface area contributed by atoms with Gasteiger partial charge in [-0.15, -0.1) is 11.3 Å². The molecular formula is C6H6N2O4S. The zero-order chi connectivity index (χ0) is 10.2. The summed E-state index contributed by atoms with van der Waals surface area (Å²) in [5.74, 6) is 0. The first-order valence-electron chi connectivity index (χ1n) is 3.34. The van der Waals surface area contributed by atoms with Crippen LogP contribution >= 0.6 is 11.3 Å². The molecular weight excluding hydrogens is 196 g/mol. The van der Waals surface area contributed by atoms with Crippen molar-refractivity contribution in [1.82, 2.24) is 0 Å². The number of nitrogens with zero attached hydrogens (tertiary/aromatic N) is 2. The second-order valence-electron chi connectivity index (χ2n) is 2.43. The van der Waals surface area contributed by atoms with E-state index < -0.39 is 9.85 Å². The molecule has 0 fully saturated rings. The third-order valence-electron chi connectivity index (χ3n) is 1.56. The molecule has 0 saturated heterocycles. The van der Waals surface area contributed by atoms with E-state index in [0.29, 0.717) is 9.75 Å². The molecule has 70 valence electrons. The Balaban J connectivity index is 3.47. The molecule has 0 N–H and O–H groups in total. The van der Waals surface area contributed by atoms with Crippen LogP contribution in [0, 0.1) is 34.1 Å². The van der Waals surface area contributed by atoms with Crippen LogP contribution < -0.4 is 0 Å². The lowest BCUT2D eigenvalue weighted by molar-refractivity contribution is -0.422. The fourth-order valence-electron chi connectivity index (χ4n) is 1.09. The number of thiophene rings is 1. The van der Waals surface area contributed by atoms with Crippen molar-refractivity contribution in [2.75, 3.05) is 0 Å². The van der Waals surface area contributed by atoms with Gasteiger partial charge in [0.2, 0.25) is 0 Å². The summed E-state index contributed by atoms with van der Waals surface area (Å²) in [5.41, 5.74) is -0.764. The van der Waals surface area contributed by atoms with Gasteiger partial charge in [0.1, 0.15) is 0 Å². The Hall–Kier alpha value is -1.50. The zero-order valence-electron chi connectivity index (χ0n) is 6.94. The first kappa shape index (κ1) is 9.59. The first-order valence-corrected chi connectivity index (χ1v) is 4.15. The molecule has 1 aromatic heterocycles. The number of nitro groups is 2. The van der Waals surface area contributed by atoms with Gasteiger partial charge in [0, 0.05) is 0 Å². The summed E-state index contributed by atoms with van der Waals surface area (Å²) in [6, 6.07) is 0. The summed E-state index contributed by atoms with van der Waals surface area (Å²) in [7, 11) is 0. The van der Waals surface area contributed by atoms with Gasteiger partial charge in [-0.1, -0.05) is 0 Å². The van der Waals surface area contributed by atoms with Crippen molar-refractivity contribution in [3.63, 3.8) is 0 Å². The normalized spacial score (nSPS) is 10.0. The molecule has 6 nitrogen and oxygen atoms in total. The van der Waals surface area contributed by atoms with E-state index in [1.807, 2.05) is 0 Å². The molecule has 0 aliphatic heterocycles. The van der Waals surface area contributed by atoms with Crippen molar-refractivity contribution >= 4 is 22.7 Å². The van der Waals surface area contributed by atoms with Crippen molar-refractivity contribution in [1.29, 1.82) is 0 Å². The Morgan fingerprint density at radius 3 is 1.54 bits per heavy atom. The molecule has 0 bridgehead atoms. The molecule has 13 heavy (non-hydrogen) atoms. The average molecular weight is 202 g/mol. The number of hydrogen-bond donors (Lipinski definition) is 0. The van der Waals surface area contributed by atoms with Gasteiger partial charge in [0.15, 0.2) is 0 Å². The first-order chi connectivity index (χ1) is 5.95. The van der Waals surface area contributed by atoms with Crippen LogP contribution in [0.5, 0.6) is 0 Å². The Labute approximate surface area is 77.1 Å². The van der Waals surface area contributed by atoms with Gasteiger partial charge in [-0.3, -0.25) is 20.2 Å². The summed E-state index contributed by atoms with van der Waals surface area (Å²) in [6.07, 6.45) is 0. The Kier molecular flexibility index (Phi) is 2.28. The molecule has 0 atom stereocenters. The van der Waals surface area contributed by atoms with Crippen molar-refractivity contribution in [2.24, 2.45) is 0 Å². The predicted octanol–water partition coefficient (Wildman–Crippen LogP) is 2.18.